The Kier molecular flexibility index (Phi) is 19.6. The third-order valence-electron chi connectivity index (χ3n) is 13.8. The topological polar surface area (TPSA) is 68.3 Å². The zero-order valence-electron chi connectivity index (χ0n) is 41.8. The number of benzene rings is 8. The maximum atomic E-state index is 16.5. The summed E-state index contributed by atoms with van der Waals surface area (Å²) < 4.78 is -3.13. The van der Waals surface area contributed by atoms with E-state index >= 15 is 19.2 Å². The summed E-state index contributed by atoms with van der Waals surface area (Å²) in [5.74, 6) is 0.117. The van der Waals surface area contributed by atoms with Crippen LogP contribution in [0.3, 0.4) is 0 Å². The van der Waals surface area contributed by atoms with Crippen LogP contribution < -0.4 is 0 Å². The third kappa shape index (κ3) is 14.6. The van der Waals surface area contributed by atoms with Crippen LogP contribution in [0.2, 0.25) is 17.6 Å². The van der Waals surface area contributed by atoms with E-state index in [1.165, 1.54) is 0 Å². The Balaban J connectivity index is 1.46. The van der Waals surface area contributed by atoms with Crippen molar-refractivity contribution in [1.29, 1.82) is 0 Å². The van der Waals surface area contributed by atoms with E-state index in [0.717, 1.165) is 44.5 Å². The molecular formula is C68H68O4Pd. The van der Waals surface area contributed by atoms with Crippen LogP contribution in [0.5, 0.6) is 0 Å². The van der Waals surface area contributed by atoms with Crippen LogP contribution in [-0.4, -0.2) is 23.1 Å². The Morgan fingerprint density at radius 1 is 0.233 bits per heavy atom. The Morgan fingerprint density at radius 3 is 0.548 bits per heavy atom. The minimum atomic E-state index is -4.46. The van der Waals surface area contributed by atoms with E-state index in [0.29, 0.717) is 51.4 Å². The molecule has 374 valence electrons. The van der Waals surface area contributed by atoms with Crippen molar-refractivity contribution in [3.05, 3.63) is 287 Å². The summed E-state index contributed by atoms with van der Waals surface area (Å²) in [7, 11) is 0. The molecule has 0 heterocycles. The monoisotopic (exact) mass is 1050 g/mol. The van der Waals surface area contributed by atoms with Gasteiger partial charge in [0.05, 0.1) is 0 Å². The van der Waals surface area contributed by atoms with Gasteiger partial charge in [0.2, 0.25) is 0 Å². The number of hydrogen-bond donors (Lipinski definition) is 0. The molecule has 0 aliphatic carbocycles. The molecule has 4 unspecified atom stereocenters. The molecule has 0 amide bonds. The molecule has 0 aliphatic heterocycles. The van der Waals surface area contributed by atoms with E-state index in [9.17, 15) is 0 Å². The number of hydrogen-bond acceptors (Lipinski definition) is 4. The number of Topliss-reactive ketones (excluding diaryl/α,β-unsaturated/α-hetero) is 4. The standard InChI is InChI=1S/4C17H17O.Pd/c4*18-17(13-11-15-7-3-1-4-8-15)14-12-16-9-5-2-6-10-16;/h4*1-10,13H,11-12,14H2;. The number of ketones is 4. The molecule has 0 spiro atoms. The molecule has 0 bridgehead atoms. The molecule has 0 aliphatic rings. The second kappa shape index (κ2) is 27.2. The van der Waals surface area contributed by atoms with Crippen molar-refractivity contribution in [2.75, 3.05) is 0 Å². The van der Waals surface area contributed by atoms with Crippen molar-refractivity contribution >= 4 is 23.1 Å². The minimum absolute atomic E-state index is 0.0291. The first-order valence-corrected chi connectivity index (χ1v) is 29.5. The van der Waals surface area contributed by atoms with Gasteiger partial charge in [0.25, 0.3) is 0 Å². The second-order valence-electron chi connectivity index (χ2n) is 18.9. The van der Waals surface area contributed by atoms with Gasteiger partial charge in [-0.05, 0) is 0 Å². The van der Waals surface area contributed by atoms with Crippen LogP contribution in [0.25, 0.3) is 0 Å². The van der Waals surface area contributed by atoms with Gasteiger partial charge >= 0.3 is 440 Å². The summed E-state index contributed by atoms with van der Waals surface area (Å²) in [5.41, 5.74) is 8.01. The van der Waals surface area contributed by atoms with E-state index in [1.54, 1.807) is 0 Å². The zero-order valence-corrected chi connectivity index (χ0v) is 43.4. The summed E-state index contributed by atoms with van der Waals surface area (Å²) in [5, 5.41) is 0. The number of rotatable bonds is 28. The first kappa shape index (κ1) is 52.4. The number of aryl methyl sites for hydroxylation is 4. The number of carbonyl (C=O) groups is 4. The molecule has 0 fully saturated rings. The summed E-state index contributed by atoms with van der Waals surface area (Å²) in [4.78, 5) is 66.2. The van der Waals surface area contributed by atoms with Crippen LogP contribution in [0.4, 0.5) is 0 Å². The third-order valence-corrected chi connectivity index (χ3v) is 24.6. The number of carbonyl (C=O) groups excluding carboxylic acids is 4. The molecule has 0 saturated heterocycles. The van der Waals surface area contributed by atoms with Gasteiger partial charge in [-0.25, -0.2) is 0 Å². The van der Waals surface area contributed by atoms with E-state index in [1.807, 2.05) is 146 Å². The van der Waals surface area contributed by atoms with E-state index in [2.05, 4.69) is 97.1 Å². The quantitative estimate of drug-likeness (QED) is 0.0458. The Morgan fingerprint density at radius 2 is 0.384 bits per heavy atom. The predicted molar refractivity (Wildman–Crippen MR) is 295 cm³/mol. The summed E-state index contributed by atoms with van der Waals surface area (Å²) in [6.45, 7) is 0. The first-order valence-electron chi connectivity index (χ1n) is 25.9. The Hall–Kier alpha value is -6.90. The molecule has 8 aromatic carbocycles. The van der Waals surface area contributed by atoms with Crippen LogP contribution in [-0.2, 0) is 86.1 Å². The normalized spacial score (nSPS) is 14.1. The Bertz CT molecular complexity index is 2500. The predicted octanol–water partition coefficient (Wildman–Crippen LogP) is 15.1. The van der Waals surface area contributed by atoms with Crippen molar-refractivity contribution in [2.45, 2.75) is 94.6 Å². The summed E-state index contributed by atoms with van der Waals surface area (Å²) in [6.07, 6.45) is 4.10. The van der Waals surface area contributed by atoms with Crippen molar-refractivity contribution in [3.8, 4) is 0 Å². The molecule has 8 aromatic rings. The fourth-order valence-electron chi connectivity index (χ4n) is 10.00. The van der Waals surface area contributed by atoms with E-state index < -0.39 is 33.1 Å². The van der Waals surface area contributed by atoms with Crippen molar-refractivity contribution in [2.24, 2.45) is 0 Å². The van der Waals surface area contributed by atoms with E-state index in [-0.39, 0.29) is 48.8 Å². The van der Waals surface area contributed by atoms with Gasteiger partial charge in [-0.15, -0.1) is 0 Å². The Labute approximate surface area is 437 Å². The SMILES string of the molecule is O=C(CCc1ccccc1)[CH](Cc1ccccc1)[Pd]([CH](Cc1ccccc1)C(=O)CCc1ccccc1)([CH](Cc1ccccc1)C(=O)CCc1ccccc1)[CH](Cc1ccccc1)C(=O)CCc1ccccc1. The molecule has 5 heteroatoms. The van der Waals surface area contributed by atoms with Gasteiger partial charge in [0.15, 0.2) is 0 Å². The van der Waals surface area contributed by atoms with Gasteiger partial charge in [-0.1, -0.05) is 0 Å². The maximum absolute atomic E-state index is 16.5. The summed E-state index contributed by atoms with van der Waals surface area (Å²) in [6, 6.07) is 81.2. The molecule has 4 nitrogen and oxygen atoms in total. The fraction of sp³-hybridized carbons (Fsp3) is 0.235. The molecule has 0 radical (unpaired) electrons. The molecule has 73 heavy (non-hydrogen) atoms. The van der Waals surface area contributed by atoms with Crippen LogP contribution in [0, 0.1) is 0 Å². The molecule has 0 N–H and O–H groups in total. The molecular weight excluding hydrogens is 987 g/mol. The average molecular weight is 1060 g/mol. The molecule has 8 rings (SSSR count). The first-order chi connectivity index (χ1) is 35.9. The van der Waals surface area contributed by atoms with Crippen molar-refractivity contribution < 1.29 is 34.7 Å². The van der Waals surface area contributed by atoms with Crippen LogP contribution in [0.1, 0.15) is 70.2 Å². The average Bonchev–Trinajstić information content (AvgIpc) is 3.45. The van der Waals surface area contributed by atoms with Gasteiger partial charge in [0, 0.05) is 0 Å². The van der Waals surface area contributed by atoms with Crippen LogP contribution >= 0.6 is 0 Å². The van der Waals surface area contributed by atoms with Gasteiger partial charge in [-0.3, -0.25) is 0 Å². The van der Waals surface area contributed by atoms with Crippen molar-refractivity contribution in [1.82, 2.24) is 0 Å². The molecule has 0 saturated carbocycles. The zero-order chi connectivity index (χ0) is 50.5. The van der Waals surface area contributed by atoms with Crippen molar-refractivity contribution in [3.63, 3.8) is 0 Å². The van der Waals surface area contributed by atoms with Gasteiger partial charge in [-0.2, -0.15) is 0 Å². The van der Waals surface area contributed by atoms with Gasteiger partial charge in [0.1, 0.15) is 0 Å². The molecule has 4 atom stereocenters. The van der Waals surface area contributed by atoms with E-state index in [4.69, 9.17) is 0 Å². The van der Waals surface area contributed by atoms with Crippen LogP contribution in [0.15, 0.2) is 243 Å². The fourth-order valence-corrected chi connectivity index (χ4v) is 22.6. The summed E-state index contributed by atoms with van der Waals surface area (Å²) >= 11 is -4.46. The van der Waals surface area contributed by atoms with Gasteiger partial charge < -0.3 is 0 Å². The second-order valence-corrected chi connectivity index (χ2v) is 26.3. The molecule has 0 aromatic heterocycles.